The number of benzene rings is 1. The van der Waals surface area contributed by atoms with Gasteiger partial charge in [-0.15, -0.1) is 5.10 Å². The summed E-state index contributed by atoms with van der Waals surface area (Å²) in [4.78, 5) is 13.5. The van der Waals surface area contributed by atoms with E-state index >= 15 is 0 Å². The number of nitrogens with zero attached hydrogens (tertiary/aromatic N) is 3. The second-order valence-electron chi connectivity index (χ2n) is 4.52. The molecule has 19 heavy (non-hydrogen) atoms. The van der Waals surface area contributed by atoms with Gasteiger partial charge in [0.25, 0.3) is 5.91 Å². The van der Waals surface area contributed by atoms with E-state index in [4.69, 9.17) is 0 Å². The van der Waals surface area contributed by atoms with Crippen molar-refractivity contribution in [2.24, 2.45) is 0 Å². The molecule has 1 aliphatic rings. The number of aromatic nitrogens is 3. The van der Waals surface area contributed by atoms with E-state index in [0.717, 1.165) is 25.2 Å². The Morgan fingerprint density at radius 3 is 2.95 bits per heavy atom. The first kappa shape index (κ1) is 11.9. The second kappa shape index (κ2) is 5.19. The van der Waals surface area contributed by atoms with Gasteiger partial charge in [0.15, 0.2) is 5.69 Å². The van der Waals surface area contributed by atoms with Crippen LogP contribution in [-0.4, -0.2) is 40.0 Å². The van der Waals surface area contributed by atoms with Crippen molar-refractivity contribution in [2.75, 3.05) is 13.1 Å². The van der Waals surface area contributed by atoms with Gasteiger partial charge in [-0.3, -0.25) is 4.79 Å². The third-order valence-corrected chi connectivity index (χ3v) is 3.11. The molecule has 1 atom stereocenters. The predicted octanol–water partition coefficient (Wildman–Crippen LogP) is 0.359. The number of para-hydroxylation sites is 1. The van der Waals surface area contributed by atoms with E-state index in [1.54, 1.807) is 0 Å². The molecule has 2 aromatic rings. The summed E-state index contributed by atoms with van der Waals surface area (Å²) >= 11 is 0. The molecule has 0 spiro atoms. The van der Waals surface area contributed by atoms with Crippen molar-refractivity contribution in [3.8, 4) is 5.69 Å². The summed E-state index contributed by atoms with van der Waals surface area (Å²) < 4.78 is 0. The zero-order valence-corrected chi connectivity index (χ0v) is 10.4. The molecule has 6 heteroatoms. The van der Waals surface area contributed by atoms with Gasteiger partial charge in [0, 0.05) is 12.6 Å². The lowest BCUT2D eigenvalue weighted by atomic mass is 10.2. The smallest absolute Gasteiger partial charge is 0.273 e. The summed E-state index contributed by atoms with van der Waals surface area (Å²) in [6.07, 6.45) is 2.45. The highest BCUT2D eigenvalue weighted by molar-refractivity contribution is 5.92. The van der Waals surface area contributed by atoms with Crippen LogP contribution in [0.4, 0.5) is 0 Å². The molecule has 6 nitrogen and oxygen atoms in total. The number of hydrogen-bond acceptors (Lipinski definition) is 4. The van der Waals surface area contributed by atoms with E-state index < -0.39 is 0 Å². The average Bonchev–Trinajstić information content (AvgIpc) is 3.10. The van der Waals surface area contributed by atoms with Crippen molar-refractivity contribution in [3.05, 3.63) is 42.2 Å². The zero-order chi connectivity index (χ0) is 13.1. The maximum Gasteiger partial charge on any atom is 0.273 e. The fourth-order valence-corrected chi connectivity index (χ4v) is 2.09. The van der Waals surface area contributed by atoms with Crippen LogP contribution >= 0.6 is 0 Å². The van der Waals surface area contributed by atoms with Crippen molar-refractivity contribution in [3.63, 3.8) is 0 Å². The van der Waals surface area contributed by atoms with Crippen LogP contribution in [0.5, 0.6) is 0 Å². The summed E-state index contributed by atoms with van der Waals surface area (Å²) in [5.74, 6) is -0.170. The Balaban J connectivity index is 1.72. The minimum atomic E-state index is -0.170. The van der Waals surface area contributed by atoms with Gasteiger partial charge in [-0.25, -0.2) is 0 Å². The van der Waals surface area contributed by atoms with Crippen LogP contribution in [-0.2, 0) is 0 Å². The Labute approximate surface area is 110 Å². The molecule has 1 aliphatic heterocycles. The number of hydrogen-bond donors (Lipinski definition) is 2. The fourth-order valence-electron chi connectivity index (χ4n) is 2.09. The zero-order valence-electron chi connectivity index (χ0n) is 10.4. The lowest BCUT2D eigenvalue weighted by Gasteiger charge is -2.08. The molecular weight excluding hydrogens is 242 g/mol. The molecule has 1 amide bonds. The first-order valence-electron chi connectivity index (χ1n) is 6.32. The van der Waals surface area contributed by atoms with Crippen LogP contribution in [0.15, 0.2) is 36.5 Å². The second-order valence-corrected chi connectivity index (χ2v) is 4.52. The van der Waals surface area contributed by atoms with Crippen molar-refractivity contribution >= 4 is 5.91 Å². The van der Waals surface area contributed by atoms with Gasteiger partial charge in [0.2, 0.25) is 0 Å². The summed E-state index contributed by atoms with van der Waals surface area (Å²) in [5, 5.41) is 14.5. The fraction of sp³-hybridized carbons (Fsp3) is 0.308. The van der Waals surface area contributed by atoms with E-state index in [0.29, 0.717) is 5.69 Å². The van der Waals surface area contributed by atoms with Crippen molar-refractivity contribution in [2.45, 2.75) is 12.5 Å². The largest absolute Gasteiger partial charge is 0.347 e. The summed E-state index contributed by atoms with van der Waals surface area (Å²) in [5.41, 5.74) is 1.18. The van der Waals surface area contributed by atoms with E-state index in [1.807, 2.05) is 30.3 Å². The van der Waals surface area contributed by atoms with Crippen LogP contribution < -0.4 is 10.6 Å². The van der Waals surface area contributed by atoms with Crippen molar-refractivity contribution < 1.29 is 4.79 Å². The highest BCUT2D eigenvalue weighted by Gasteiger charge is 2.19. The molecule has 1 unspecified atom stereocenters. The quantitative estimate of drug-likeness (QED) is 0.832. The van der Waals surface area contributed by atoms with Crippen molar-refractivity contribution in [1.29, 1.82) is 0 Å². The van der Waals surface area contributed by atoms with Gasteiger partial charge in [-0.1, -0.05) is 18.2 Å². The molecule has 1 aromatic carbocycles. The summed E-state index contributed by atoms with van der Waals surface area (Å²) in [6.45, 7) is 1.76. The lowest BCUT2D eigenvalue weighted by molar-refractivity contribution is 0.0934. The van der Waals surface area contributed by atoms with Crippen LogP contribution in [0.1, 0.15) is 16.9 Å². The van der Waals surface area contributed by atoms with Gasteiger partial charge in [0.05, 0.1) is 11.9 Å². The highest BCUT2D eigenvalue weighted by Crippen LogP contribution is 2.05. The highest BCUT2D eigenvalue weighted by atomic mass is 16.2. The molecule has 1 saturated heterocycles. The van der Waals surface area contributed by atoms with Gasteiger partial charge in [-0.2, -0.15) is 9.90 Å². The van der Waals surface area contributed by atoms with E-state index in [9.17, 15) is 4.79 Å². The third kappa shape index (κ3) is 2.63. The molecule has 0 saturated carbocycles. The van der Waals surface area contributed by atoms with E-state index in [2.05, 4.69) is 20.8 Å². The first-order chi connectivity index (χ1) is 9.33. The van der Waals surface area contributed by atoms with Gasteiger partial charge in [0.1, 0.15) is 0 Å². The minimum Gasteiger partial charge on any atom is -0.347 e. The Morgan fingerprint density at radius 2 is 2.21 bits per heavy atom. The molecular formula is C13H15N5O. The number of amides is 1. The third-order valence-electron chi connectivity index (χ3n) is 3.11. The summed E-state index contributed by atoms with van der Waals surface area (Å²) in [7, 11) is 0. The average molecular weight is 257 g/mol. The number of carbonyl (C=O) groups excluding carboxylic acids is 1. The van der Waals surface area contributed by atoms with Gasteiger partial charge in [-0.05, 0) is 25.1 Å². The van der Waals surface area contributed by atoms with E-state index in [1.165, 1.54) is 11.0 Å². The molecule has 1 aromatic heterocycles. The summed E-state index contributed by atoms with van der Waals surface area (Å²) in [6, 6.07) is 9.71. The van der Waals surface area contributed by atoms with Gasteiger partial charge < -0.3 is 10.6 Å². The van der Waals surface area contributed by atoms with Gasteiger partial charge >= 0.3 is 0 Å². The molecule has 1 fully saturated rings. The molecule has 2 heterocycles. The molecule has 0 aliphatic carbocycles. The normalized spacial score (nSPS) is 18.4. The number of rotatable bonds is 3. The Hall–Kier alpha value is -2.21. The molecule has 0 bridgehead atoms. The Morgan fingerprint density at radius 1 is 1.37 bits per heavy atom. The topological polar surface area (TPSA) is 71.8 Å². The van der Waals surface area contributed by atoms with Crippen molar-refractivity contribution in [1.82, 2.24) is 25.6 Å². The maximum absolute atomic E-state index is 12.0. The monoisotopic (exact) mass is 257 g/mol. The standard InChI is InChI=1S/C13H15N5O/c19-13(16-10-6-7-14-8-10)12-9-15-18(17-12)11-4-2-1-3-5-11/h1-5,9-10,14H,6-8H2,(H,16,19). The Bertz CT molecular complexity index is 559. The number of carbonyl (C=O) groups is 1. The Kier molecular flexibility index (Phi) is 3.24. The minimum absolute atomic E-state index is 0.170. The maximum atomic E-state index is 12.0. The SMILES string of the molecule is O=C(NC1CCNC1)c1cnn(-c2ccccc2)n1. The molecule has 2 N–H and O–H groups in total. The predicted molar refractivity (Wildman–Crippen MR) is 70.1 cm³/mol. The van der Waals surface area contributed by atoms with Crippen LogP contribution in [0.25, 0.3) is 5.69 Å². The van der Waals surface area contributed by atoms with E-state index in [-0.39, 0.29) is 11.9 Å². The lowest BCUT2D eigenvalue weighted by Crippen LogP contribution is -2.36. The molecule has 3 rings (SSSR count). The number of nitrogens with one attached hydrogen (secondary N) is 2. The van der Waals surface area contributed by atoms with Crippen LogP contribution in [0.3, 0.4) is 0 Å². The first-order valence-corrected chi connectivity index (χ1v) is 6.32. The van der Waals surface area contributed by atoms with Crippen LogP contribution in [0, 0.1) is 0 Å². The van der Waals surface area contributed by atoms with Crippen LogP contribution in [0.2, 0.25) is 0 Å². The molecule has 98 valence electrons. The molecule has 0 radical (unpaired) electrons.